The lowest BCUT2D eigenvalue weighted by Crippen LogP contribution is -2.39. The molecule has 1 fully saturated rings. The van der Waals surface area contributed by atoms with Crippen LogP contribution in [0.15, 0.2) is 20.3 Å². The fourth-order valence-corrected chi connectivity index (χ4v) is 7.43. The summed E-state index contributed by atoms with van der Waals surface area (Å²) in [5.74, 6) is 2.26. The highest BCUT2D eigenvalue weighted by atomic mass is 33.1. The largest absolute Gasteiger partial charge is 0.489 e. The van der Waals surface area contributed by atoms with Crippen molar-refractivity contribution in [3.05, 3.63) is 33.2 Å². The quantitative estimate of drug-likeness (QED) is 0.261. The summed E-state index contributed by atoms with van der Waals surface area (Å²) in [5.41, 5.74) is 11.7. The number of nitrogens with zero attached hydrogens (tertiary/aromatic N) is 1. The summed E-state index contributed by atoms with van der Waals surface area (Å²) in [6, 6.07) is 1.01. The molecule has 36 heavy (non-hydrogen) atoms. The van der Waals surface area contributed by atoms with Gasteiger partial charge in [0, 0.05) is 41.5 Å². The molecular weight excluding hydrogens is 502 g/mol. The second-order valence-corrected chi connectivity index (χ2v) is 12.8. The summed E-state index contributed by atoms with van der Waals surface area (Å²) < 4.78 is 19.1. The maximum atomic E-state index is 13.6. The number of aliphatic imine (C=N–C) groups is 1. The van der Waals surface area contributed by atoms with Crippen LogP contribution in [0.5, 0.6) is 11.5 Å². The Bertz CT molecular complexity index is 1230. The van der Waals surface area contributed by atoms with Gasteiger partial charge in [-0.3, -0.25) is 4.79 Å². The van der Waals surface area contributed by atoms with E-state index in [0.29, 0.717) is 40.4 Å². The maximum absolute atomic E-state index is 13.6. The van der Waals surface area contributed by atoms with Crippen molar-refractivity contribution in [2.24, 2.45) is 16.5 Å². The first kappa shape index (κ1) is 25.6. The highest BCUT2D eigenvalue weighted by Crippen LogP contribution is 2.49. The molecule has 3 atom stereocenters. The molecule has 3 heterocycles. The Morgan fingerprint density at radius 1 is 1.22 bits per heavy atom. The van der Waals surface area contributed by atoms with E-state index in [9.17, 15) is 15.0 Å². The van der Waals surface area contributed by atoms with E-state index in [4.69, 9.17) is 25.4 Å². The molecule has 1 aliphatic carbocycles. The van der Waals surface area contributed by atoms with Crippen molar-refractivity contribution in [1.82, 2.24) is 0 Å². The Hall–Kier alpha value is -2.08. The van der Waals surface area contributed by atoms with Gasteiger partial charge in [0.05, 0.1) is 17.7 Å². The topological polar surface area (TPSA) is 154 Å². The Labute approximate surface area is 217 Å². The van der Waals surface area contributed by atoms with Crippen LogP contribution in [0.3, 0.4) is 0 Å². The number of fused-ring (bicyclic) bond motifs is 3. The molecule has 3 aliphatic rings. The van der Waals surface area contributed by atoms with E-state index < -0.39 is 17.8 Å². The van der Waals surface area contributed by atoms with Crippen LogP contribution in [-0.4, -0.2) is 45.8 Å². The third kappa shape index (κ3) is 5.03. The predicted octanol–water partition coefficient (Wildman–Crippen LogP) is 3.15. The van der Waals surface area contributed by atoms with Crippen molar-refractivity contribution in [3.63, 3.8) is 0 Å². The molecule has 5 rings (SSSR count). The van der Waals surface area contributed by atoms with Gasteiger partial charge in [-0.25, -0.2) is 4.99 Å². The molecule has 0 radical (unpaired) electrons. The lowest BCUT2D eigenvalue weighted by atomic mass is 9.95. The van der Waals surface area contributed by atoms with Crippen LogP contribution in [0.25, 0.3) is 11.0 Å². The lowest BCUT2D eigenvalue weighted by Gasteiger charge is -2.24. The fourth-order valence-electron chi connectivity index (χ4n) is 5.14. The number of hydrogen-bond donors (Lipinski definition) is 4. The zero-order valence-electron chi connectivity index (χ0n) is 20.5. The smallest absolute Gasteiger partial charge is 0.196 e. The van der Waals surface area contributed by atoms with Gasteiger partial charge in [-0.05, 0) is 39.5 Å². The van der Waals surface area contributed by atoms with Crippen LogP contribution in [0.2, 0.25) is 0 Å². The highest BCUT2D eigenvalue weighted by Gasteiger charge is 2.41. The molecule has 0 spiro atoms. The van der Waals surface area contributed by atoms with Gasteiger partial charge in [0.1, 0.15) is 40.4 Å². The van der Waals surface area contributed by atoms with Crippen molar-refractivity contribution in [2.45, 2.75) is 88.1 Å². The van der Waals surface area contributed by atoms with E-state index in [1.807, 2.05) is 0 Å². The molecule has 0 amide bonds. The number of nitrogens with two attached hydrogens (primary N) is 2. The average Bonchev–Trinajstić information content (AvgIpc) is 3.46. The van der Waals surface area contributed by atoms with Gasteiger partial charge >= 0.3 is 0 Å². The molecule has 11 heteroatoms. The van der Waals surface area contributed by atoms with E-state index in [0.717, 1.165) is 36.8 Å². The summed E-state index contributed by atoms with van der Waals surface area (Å²) in [7, 11) is 3.15. The Kier molecular flexibility index (Phi) is 7.10. The van der Waals surface area contributed by atoms with Crippen LogP contribution >= 0.6 is 21.6 Å². The number of aliphatic hydroxyl groups excluding tert-OH is 1. The lowest BCUT2D eigenvalue weighted by molar-refractivity contribution is -0.0231. The molecule has 6 N–H and O–H groups in total. The number of hydrogen-bond acceptors (Lipinski definition) is 9. The van der Waals surface area contributed by atoms with Crippen LogP contribution in [0.1, 0.15) is 68.9 Å². The molecule has 9 nitrogen and oxygen atoms in total. The monoisotopic (exact) mass is 535 g/mol. The zero-order valence-corrected chi connectivity index (χ0v) is 22.1. The predicted molar refractivity (Wildman–Crippen MR) is 143 cm³/mol. The molecule has 1 aromatic heterocycles. The number of guanidine groups is 1. The maximum Gasteiger partial charge on any atom is 0.196 e. The highest BCUT2D eigenvalue weighted by molar-refractivity contribution is 8.76. The summed E-state index contributed by atoms with van der Waals surface area (Å²) in [6.45, 7) is 3.43. The van der Waals surface area contributed by atoms with Gasteiger partial charge in [-0.15, -0.1) is 0 Å². The van der Waals surface area contributed by atoms with Crippen LogP contribution in [-0.2, 0) is 12.2 Å². The van der Waals surface area contributed by atoms with Crippen molar-refractivity contribution in [2.75, 3.05) is 5.75 Å². The third-order valence-corrected chi connectivity index (χ3v) is 9.37. The minimum Gasteiger partial charge on any atom is -0.489 e. The van der Waals surface area contributed by atoms with Crippen molar-refractivity contribution < 1.29 is 24.1 Å². The number of aliphatic hydroxyl groups is 2. The van der Waals surface area contributed by atoms with Gasteiger partial charge in [-0.1, -0.05) is 21.6 Å². The van der Waals surface area contributed by atoms with Crippen molar-refractivity contribution in [3.8, 4) is 11.5 Å². The molecule has 2 aromatic rings. The van der Waals surface area contributed by atoms with E-state index in [2.05, 4.69) is 4.99 Å². The van der Waals surface area contributed by atoms with Crippen LogP contribution < -0.4 is 26.4 Å². The van der Waals surface area contributed by atoms with Gasteiger partial charge in [0.25, 0.3) is 0 Å². The number of ether oxygens (including phenoxy) is 2. The fraction of sp³-hybridized carbons (Fsp3) is 0.600. The minimum absolute atomic E-state index is 0.0151. The van der Waals surface area contributed by atoms with E-state index in [1.165, 1.54) is 6.07 Å². The molecule has 2 bridgehead atoms. The Balaban J connectivity index is 1.69. The van der Waals surface area contributed by atoms with Gasteiger partial charge in [0.2, 0.25) is 0 Å². The second kappa shape index (κ2) is 10.00. The van der Waals surface area contributed by atoms with Crippen molar-refractivity contribution in [1.29, 1.82) is 0 Å². The molecule has 196 valence electrons. The van der Waals surface area contributed by atoms with E-state index in [-0.39, 0.29) is 35.7 Å². The molecule has 2 aliphatic heterocycles. The first-order valence-corrected chi connectivity index (χ1v) is 14.8. The summed E-state index contributed by atoms with van der Waals surface area (Å²) in [4.78, 5) is 17.8. The Morgan fingerprint density at radius 2 is 1.97 bits per heavy atom. The number of benzene rings is 1. The van der Waals surface area contributed by atoms with Gasteiger partial charge < -0.3 is 35.6 Å². The molecule has 1 aromatic carbocycles. The average molecular weight is 536 g/mol. The Morgan fingerprint density at radius 3 is 2.67 bits per heavy atom. The first-order valence-electron chi connectivity index (χ1n) is 12.3. The molecule has 0 unspecified atom stereocenters. The van der Waals surface area contributed by atoms with Crippen LogP contribution in [0, 0.1) is 0 Å². The summed E-state index contributed by atoms with van der Waals surface area (Å²) >= 11 is 0. The minimum atomic E-state index is -1.09. The molecule has 0 saturated heterocycles. The van der Waals surface area contributed by atoms with Gasteiger partial charge in [-0.2, -0.15) is 0 Å². The van der Waals surface area contributed by atoms with Gasteiger partial charge in [0.15, 0.2) is 11.4 Å². The second-order valence-electron chi connectivity index (χ2n) is 10.3. The summed E-state index contributed by atoms with van der Waals surface area (Å²) in [6.07, 6.45) is 3.12. The zero-order chi connectivity index (χ0) is 25.6. The van der Waals surface area contributed by atoms with E-state index >= 15 is 0 Å². The molecular formula is C25H33N3O6S2. The molecule has 1 saturated carbocycles. The normalized spacial score (nSPS) is 24.8. The third-order valence-electron chi connectivity index (χ3n) is 7.02. The first-order chi connectivity index (χ1) is 17.1. The van der Waals surface area contributed by atoms with Crippen LogP contribution in [0.4, 0.5) is 0 Å². The SMILES string of the molecule is CC(C)(O)[C@@H]1Cc2c(c3c4oc(cc(=O)c4c2OC2CCCC2)[C@H](O)C[C@@H](N=C(N)N)CSSC3)O1. The summed E-state index contributed by atoms with van der Waals surface area (Å²) in [5, 5.41) is 22.1. The standard InChI is InChI=1S/C25H33N3O6S2/c1-25(2,31)19-8-14-21(34-19)15-11-36-35-10-12(28-24(26)27)7-16(29)18-9-17(30)20(23(15)33-18)22(14)32-13-5-3-4-6-13/h9,12-13,16,19,29,31H,3-8,10-11H2,1-2H3,(H4,26,27,28)/t12-,16-,19+/m1/s1. The van der Waals surface area contributed by atoms with Crippen molar-refractivity contribution >= 4 is 38.5 Å². The number of rotatable bonds is 4. The van der Waals surface area contributed by atoms with E-state index in [1.54, 1.807) is 35.4 Å².